The Morgan fingerprint density at radius 3 is 2.47 bits per heavy atom. The van der Waals surface area contributed by atoms with E-state index in [0.29, 0.717) is 4.77 Å². The van der Waals surface area contributed by atoms with Crippen molar-refractivity contribution in [3.05, 3.63) is 47.2 Å². The zero-order chi connectivity index (χ0) is 12.4. The van der Waals surface area contributed by atoms with Crippen LogP contribution in [0.15, 0.2) is 36.7 Å². The molecule has 88 valence electrons. The Bertz CT molecular complexity index is 601. The van der Waals surface area contributed by atoms with Gasteiger partial charge in [0.15, 0.2) is 4.77 Å². The van der Waals surface area contributed by atoms with Crippen LogP contribution < -0.4 is 4.74 Å². The van der Waals surface area contributed by atoms with E-state index in [1.165, 1.54) is 35.0 Å². The van der Waals surface area contributed by atoms with Crippen molar-refractivity contribution in [2.75, 3.05) is 0 Å². The van der Waals surface area contributed by atoms with E-state index < -0.39 is 6.09 Å². The van der Waals surface area contributed by atoms with E-state index >= 15 is 0 Å². The first kappa shape index (κ1) is 11.5. The third kappa shape index (κ3) is 2.42. The topological polar surface area (TPSA) is 36.2 Å². The molecule has 0 fully saturated rings. The molecule has 0 saturated carbocycles. The summed E-state index contributed by atoms with van der Waals surface area (Å²) in [6, 6.07) is 5.18. The Labute approximate surface area is 102 Å². The van der Waals surface area contributed by atoms with Crippen molar-refractivity contribution in [1.82, 2.24) is 9.13 Å². The second-order valence-electron chi connectivity index (χ2n) is 3.38. The molecular formula is C11H9FN2O2S. The van der Waals surface area contributed by atoms with Gasteiger partial charge in [-0.1, -0.05) is 0 Å². The third-order valence-corrected chi connectivity index (χ3v) is 2.65. The first-order chi connectivity index (χ1) is 8.08. The number of carbonyl (C=O) groups is 1. The number of rotatable bonds is 1. The molecular weight excluding hydrogens is 243 g/mol. The first-order valence-electron chi connectivity index (χ1n) is 4.79. The van der Waals surface area contributed by atoms with Crippen molar-refractivity contribution >= 4 is 18.3 Å². The summed E-state index contributed by atoms with van der Waals surface area (Å²) in [4.78, 5) is 11.7. The van der Waals surface area contributed by atoms with Crippen LogP contribution in [-0.2, 0) is 7.05 Å². The number of imidazole rings is 1. The average Bonchev–Trinajstić information content (AvgIpc) is 2.63. The molecule has 17 heavy (non-hydrogen) atoms. The largest absolute Gasteiger partial charge is 0.425 e. The van der Waals surface area contributed by atoms with E-state index in [4.69, 9.17) is 17.0 Å². The molecule has 1 heterocycles. The zero-order valence-electron chi connectivity index (χ0n) is 8.96. The van der Waals surface area contributed by atoms with E-state index in [1.807, 2.05) is 0 Å². The number of hydrogen-bond acceptors (Lipinski definition) is 3. The number of aromatic nitrogens is 2. The predicted molar refractivity (Wildman–Crippen MR) is 62.1 cm³/mol. The summed E-state index contributed by atoms with van der Waals surface area (Å²) in [6.07, 6.45) is 2.53. The second-order valence-corrected chi connectivity index (χ2v) is 3.75. The minimum absolute atomic E-state index is 0.266. The molecule has 0 amide bonds. The van der Waals surface area contributed by atoms with Crippen LogP contribution in [-0.4, -0.2) is 15.2 Å². The fraction of sp³-hybridized carbons (Fsp3) is 0.0909. The monoisotopic (exact) mass is 252 g/mol. The van der Waals surface area contributed by atoms with Crippen molar-refractivity contribution < 1.29 is 13.9 Å². The average molecular weight is 252 g/mol. The summed E-state index contributed by atoms with van der Waals surface area (Å²) < 4.78 is 20.8. The van der Waals surface area contributed by atoms with E-state index in [0.717, 1.165) is 0 Å². The summed E-state index contributed by atoms with van der Waals surface area (Å²) in [7, 11) is 1.73. The molecule has 4 nitrogen and oxygen atoms in total. The third-order valence-electron chi connectivity index (χ3n) is 2.16. The highest BCUT2D eigenvalue weighted by atomic mass is 32.1. The van der Waals surface area contributed by atoms with Gasteiger partial charge >= 0.3 is 6.09 Å². The molecule has 6 heteroatoms. The second kappa shape index (κ2) is 4.50. The Morgan fingerprint density at radius 2 is 1.94 bits per heavy atom. The van der Waals surface area contributed by atoms with Gasteiger partial charge < -0.3 is 9.30 Å². The molecule has 1 aromatic heterocycles. The summed E-state index contributed by atoms with van der Waals surface area (Å²) in [5.74, 6) is -0.122. The van der Waals surface area contributed by atoms with Gasteiger partial charge in [-0.05, 0) is 36.5 Å². The summed E-state index contributed by atoms with van der Waals surface area (Å²) >= 11 is 5.00. The molecule has 0 spiro atoms. The number of aryl methyl sites for hydroxylation is 1. The fourth-order valence-corrected chi connectivity index (χ4v) is 1.45. The van der Waals surface area contributed by atoms with Gasteiger partial charge in [-0.15, -0.1) is 0 Å². The van der Waals surface area contributed by atoms with Gasteiger partial charge in [-0.25, -0.2) is 13.8 Å². The smallest absolute Gasteiger partial charge is 0.410 e. The van der Waals surface area contributed by atoms with Crippen LogP contribution in [0.25, 0.3) is 0 Å². The lowest BCUT2D eigenvalue weighted by Gasteiger charge is -2.03. The van der Waals surface area contributed by atoms with Gasteiger partial charge in [0, 0.05) is 19.4 Å². The van der Waals surface area contributed by atoms with E-state index in [2.05, 4.69) is 0 Å². The quantitative estimate of drug-likeness (QED) is 0.732. The molecule has 0 radical (unpaired) electrons. The standard InChI is InChI=1S/C11H9FN2O2S/c1-13-6-7-14(10(13)17)11(15)16-9-4-2-8(12)3-5-9/h2-7H,1H3. The van der Waals surface area contributed by atoms with E-state index in [9.17, 15) is 9.18 Å². The summed E-state index contributed by atoms with van der Waals surface area (Å²) in [5, 5.41) is 0. The molecule has 0 bridgehead atoms. The maximum atomic E-state index is 12.6. The molecule has 2 rings (SSSR count). The van der Waals surface area contributed by atoms with Crippen LogP contribution in [0.5, 0.6) is 5.75 Å². The van der Waals surface area contributed by atoms with Crippen LogP contribution in [0.3, 0.4) is 0 Å². The fourth-order valence-electron chi connectivity index (χ4n) is 1.26. The lowest BCUT2D eigenvalue weighted by molar-refractivity contribution is 0.201. The molecule has 0 saturated heterocycles. The minimum Gasteiger partial charge on any atom is -0.410 e. The number of carbonyl (C=O) groups excluding carboxylic acids is 1. The normalized spacial score (nSPS) is 10.2. The zero-order valence-corrected chi connectivity index (χ0v) is 9.78. The highest BCUT2D eigenvalue weighted by molar-refractivity contribution is 7.71. The molecule has 2 aromatic rings. The maximum Gasteiger partial charge on any atom is 0.425 e. The Balaban J connectivity index is 2.20. The number of nitrogens with zero attached hydrogens (tertiary/aromatic N) is 2. The van der Waals surface area contributed by atoms with Crippen LogP contribution in [0.1, 0.15) is 0 Å². The van der Waals surface area contributed by atoms with Gasteiger partial charge in [0.2, 0.25) is 0 Å². The Morgan fingerprint density at radius 1 is 1.29 bits per heavy atom. The van der Waals surface area contributed by atoms with Crippen molar-refractivity contribution in [3.8, 4) is 5.75 Å². The molecule has 0 aliphatic rings. The molecule has 1 aromatic carbocycles. The van der Waals surface area contributed by atoms with E-state index in [-0.39, 0.29) is 11.6 Å². The SMILES string of the molecule is Cn1ccn(C(=O)Oc2ccc(F)cc2)c1=S. The van der Waals surface area contributed by atoms with Crippen LogP contribution in [0, 0.1) is 10.6 Å². The lowest BCUT2D eigenvalue weighted by Crippen LogP contribution is -2.16. The van der Waals surface area contributed by atoms with Gasteiger partial charge in [-0.2, -0.15) is 0 Å². The maximum absolute atomic E-state index is 12.6. The van der Waals surface area contributed by atoms with Crippen molar-refractivity contribution in [1.29, 1.82) is 0 Å². The first-order valence-corrected chi connectivity index (χ1v) is 5.20. The molecule has 0 unspecified atom stereocenters. The lowest BCUT2D eigenvalue weighted by atomic mass is 10.3. The van der Waals surface area contributed by atoms with E-state index in [1.54, 1.807) is 17.8 Å². The van der Waals surface area contributed by atoms with Gasteiger partial charge in [-0.3, -0.25) is 0 Å². The number of hydrogen-bond donors (Lipinski definition) is 0. The van der Waals surface area contributed by atoms with Crippen LogP contribution in [0.2, 0.25) is 0 Å². The highest BCUT2D eigenvalue weighted by Gasteiger charge is 2.09. The minimum atomic E-state index is -0.623. The molecule has 0 aliphatic heterocycles. The Kier molecular flexibility index (Phi) is 3.06. The Hall–Kier alpha value is -1.95. The van der Waals surface area contributed by atoms with Gasteiger partial charge in [0.25, 0.3) is 0 Å². The highest BCUT2D eigenvalue weighted by Crippen LogP contribution is 2.12. The van der Waals surface area contributed by atoms with Crippen LogP contribution >= 0.6 is 12.2 Å². The van der Waals surface area contributed by atoms with Crippen molar-refractivity contribution in [3.63, 3.8) is 0 Å². The predicted octanol–water partition coefficient (Wildman–Crippen LogP) is 2.74. The van der Waals surface area contributed by atoms with Crippen LogP contribution in [0.4, 0.5) is 9.18 Å². The number of halogens is 1. The van der Waals surface area contributed by atoms with Gasteiger partial charge in [0.1, 0.15) is 11.6 Å². The number of ether oxygens (including phenoxy) is 1. The van der Waals surface area contributed by atoms with Crippen molar-refractivity contribution in [2.45, 2.75) is 0 Å². The summed E-state index contributed by atoms with van der Waals surface area (Å²) in [5.41, 5.74) is 0. The molecule has 0 atom stereocenters. The number of benzene rings is 1. The molecule has 0 N–H and O–H groups in total. The van der Waals surface area contributed by atoms with Gasteiger partial charge in [0.05, 0.1) is 0 Å². The van der Waals surface area contributed by atoms with Crippen molar-refractivity contribution in [2.24, 2.45) is 7.05 Å². The molecule has 0 aliphatic carbocycles. The summed E-state index contributed by atoms with van der Waals surface area (Å²) in [6.45, 7) is 0.